The predicted octanol–water partition coefficient (Wildman–Crippen LogP) is 3.44. The number of carbonyl (C=O) groups is 10. The Hall–Kier alpha value is -7.97. The van der Waals surface area contributed by atoms with Gasteiger partial charge in [-0.2, -0.15) is 0 Å². The summed E-state index contributed by atoms with van der Waals surface area (Å²) in [6.07, 6.45) is -6.96. The van der Waals surface area contributed by atoms with Crippen molar-refractivity contribution < 1.29 is 96.5 Å². The van der Waals surface area contributed by atoms with E-state index in [0.717, 1.165) is 22.7 Å². The number of likely N-dealkylation sites (tertiary alicyclic amines) is 1. The minimum Gasteiger partial charge on any atom is -0.479 e. The lowest BCUT2D eigenvalue weighted by atomic mass is 9.89. The molecule has 9 amide bonds. The summed E-state index contributed by atoms with van der Waals surface area (Å²) in [6.45, 7) is 17.5. The molecule has 0 aliphatic carbocycles. The molecule has 15 atom stereocenters. The average molecular weight is 1420 g/mol. The molecule has 6 rings (SSSR count). The molecule has 0 unspecified atom stereocenters. The fourth-order valence-corrected chi connectivity index (χ4v) is 14.0. The molecule has 0 saturated carbocycles. The van der Waals surface area contributed by atoms with Crippen LogP contribution in [0.1, 0.15) is 124 Å². The molecule has 3 aliphatic rings. The number of hydrogen-bond donors (Lipinski definition) is 9. The van der Waals surface area contributed by atoms with Crippen molar-refractivity contribution in [3.63, 3.8) is 0 Å². The van der Waals surface area contributed by atoms with Gasteiger partial charge in [-0.15, -0.1) is 11.3 Å². The van der Waals surface area contributed by atoms with Crippen LogP contribution in [-0.4, -0.2) is 238 Å². The summed E-state index contributed by atoms with van der Waals surface area (Å²) >= 11 is 1.46. The fourth-order valence-electron chi connectivity index (χ4n) is 13.3. The molecule has 30 heteroatoms. The molecule has 0 spiro atoms. The Kier molecular flexibility index (Phi) is 29.2. The number of carboxylic acid groups (broad SMARTS) is 1. The maximum atomic E-state index is 15.2. The molecule has 9 N–H and O–H groups in total. The summed E-state index contributed by atoms with van der Waals surface area (Å²) in [5.74, 6) is -8.22. The molecule has 0 bridgehead atoms. The number of benzene rings is 2. The number of nitrogens with one attached hydrogen (secondary N) is 5. The highest BCUT2D eigenvalue weighted by molar-refractivity contribution is 7.09. The van der Waals surface area contributed by atoms with E-state index in [1.165, 1.54) is 30.6 Å². The van der Waals surface area contributed by atoms with E-state index >= 15 is 9.59 Å². The second-order valence-electron chi connectivity index (χ2n) is 28.1. The Balaban J connectivity index is 1.18. The van der Waals surface area contributed by atoms with E-state index in [1.807, 2.05) is 77.3 Å². The van der Waals surface area contributed by atoms with E-state index < -0.39 is 157 Å². The number of aromatic nitrogens is 1. The quantitative estimate of drug-likeness (QED) is 0.0305. The average Bonchev–Trinajstić information content (AvgIpc) is 1.07. The number of rotatable bonds is 34. The number of quaternary nitrogens is 1. The number of carbonyl (C=O) groups excluding carboxylic acids is 9. The number of carboxylic acids is 1. The number of ether oxygens (including phenoxy) is 5. The number of thiazole rings is 1. The number of nitrogens with zero attached hydrogens (tertiary/aromatic N) is 5. The second kappa shape index (κ2) is 36.1. The van der Waals surface area contributed by atoms with Crippen molar-refractivity contribution >= 4 is 76.3 Å². The van der Waals surface area contributed by atoms with E-state index in [4.69, 9.17) is 23.7 Å². The summed E-state index contributed by atoms with van der Waals surface area (Å²) in [4.78, 5) is 145. The van der Waals surface area contributed by atoms with Crippen molar-refractivity contribution in [2.24, 2.45) is 23.7 Å². The molecule has 0 radical (unpaired) electrons. The van der Waals surface area contributed by atoms with Crippen molar-refractivity contribution in [3.05, 3.63) is 88.4 Å². The summed E-state index contributed by atoms with van der Waals surface area (Å²) in [7, 11) is 8.30. The molecule has 552 valence electrons. The Morgan fingerprint density at radius 1 is 0.840 bits per heavy atom. The predicted molar refractivity (Wildman–Crippen MR) is 367 cm³/mol. The number of anilines is 1. The van der Waals surface area contributed by atoms with Gasteiger partial charge in [0, 0.05) is 76.0 Å². The maximum absolute atomic E-state index is 15.2. The highest BCUT2D eigenvalue weighted by Crippen LogP contribution is 2.35. The van der Waals surface area contributed by atoms with Crippen molar-refractivity contribution in [2.45, 2.75) is 199 Å². The number of methoxy groups -OCH3 is 2. The first-order valence-corrected chi connectivity index (χ1v) is 34.7. The Morgan fingerprint density at radius 3 is 2.09 bits per heavy atom. The number of likely N-dealkylation sites (N-methyl/N-ethyl adjacent to an activating group) is 2. The molecule has 1 aromatic heterocycles. The first-order valence-electron chi connectivity index (χ1n) is 33.8. The first-order chi connectivity index (χ1) is 47.0. The standard InChI is InChI=1S/C70H102N10O19S/c1-16-40(6)55(49(95-14)35-53(84)78-31-20-23-46(78)60(96-15)41(7)62(88)75-45(65-72-30-32-100-65)33-42-21-18-17-19-22-42)77(11)66(91)54(38(2)3)76-64(90)56(39(4)5)80(12,13)37-43-24-25-48(97-68-59(87)57(85)58(86)61(98-68)67(92)93)44(34-43)74-50(81)28-29-71-63(89)47(79-51(82)26-27-52(79)83)36-73-69(94)99-70(8,9)10/h17-19,21-22,24-27,30,32,34,38-41,45-47,49,54-61,68,85-87H,16,20,23,28-29,31,33,35-37H2,1-15H3,(H5-,71,73,74,75,76,81,88,89,90,92,93,94)/p+1/t40-,41+,45-,46-,47-,49+,54-,55-,56-,57-,58-,59+,60+,61-,68+/m0/s1. The monoisotopic (exact) mass is 1420 g/mol. The third-order valence-corrected chi connectivity index (χ3v) is 19.3. The summed E-state index contributed by atoms with van der Waals surface area (Å²) in [5, 5.41) is 58.3. The van der Waals surface area contributed by atoms with Gasteiger partial charge < -0.3 is 85.0 Å². The number of alkyl carbamates (subject to hydrolysis) is 1. The molecule has 100 heavy (non-hydrogen) atoms. The maximum Gasteiger partial charge on any atom is 0.407 e. The minimum absolute atomic E-state index is 0.0517. The van der Waals surface area contributed by atoms with Gasteiger partial charge in [0.2, 0.25) is 35.8 Å². The van der Waals surface area contributed by atoms with Crippen molar-refractivity contribution in [1.82, 2.24) is 41.0 Å². The Bertz CT molecular complexity index is 3330. The summed E-state index contributed by atoms with van der Waals surface area (Å²) in [6, 6.07) is 9.30. The topological polar surface area (TPSA) is 381 Å². The van der Waals surface area contributed by atoms with Crippen LogP contribution in [0.3, 0.4) is 0 Å². The molecule has 2 fully saturated rings. The van der Waals surface area contributed by atoms with Gasteiger partial charge in [0.05, 0.1) is 69.0 Å². The number of imide groups is 1. The number of aliphatic hydroxyl groups excluding tert-OH is 3. The third kappa shape index (κ3) is 21.1. The largest absolute Gasteiger partial charge is 0.479 e. The van der Waals surface area contributed by atoms with Crippen LogP contribution in [0, 0.1) is 23.7 Å². The second-order valence-corrected chi connectivity index (χ2v) is 29.0. The molecular formula is C70H103N10O19S+. The number of aliphatic carboxylic acids is 1. The summed E-state index contributed by atoms with van der Waals surface area (Å²) in [5.41, 5.74) is 0.508. The Morgan fingerprint density at radius 2 is 1.51 bits per heavy atom. The van der Waals surface area contributed by atoms with Crippen LogP contribution < -0.4 is 31.3 Å². The van der Waals surface area contributed by atoms with Gasteiger partial charge in [0.25, 0.3) is 17.7 Å². The Labute approximate surface area is 588 Å². The highest BCUT2D eigenvalue weighted by atomic mass is 32.1. The lowest BCUT2D eigenvalue weighted by molar-refractivity contribution is -0.922. The smallest absolute Gasteiger partial charge is 0.407 e. The van der Waals surface area contributed by atoms with Gasteiger partial charge in [-0.25, -0.2) is 14.6 Å². The molecule has 4 heterocycles. The van der Waals surface area contributed by atoms with Gasteiger partial charge in [-0.1, -0.05) is 85.2 Å². The number of hydrogen-bond acceptors (Lipinski definition) is 20. The zero-order chi connectivity index (χ0) is 74.2. The van der Waals surface area contributed by atoms with Crippen LogP contribution in [0.4, 0.5) is 10.5 Å². The number of aliphatic hydroxyl groups is 3. The van der Waals surface area contributed by atoms with Crippen molar-refractivity contribution in [1.29, 1.82) is 0 Å². The third-order valence-electron chi connectivity index (χ3n) is 18.4. The summed E-state index contributed by atoms with van der Waals surface area (Å²) < 4.78 is 28.8. The van der Waals surface area contributed by atoms with Crippen LogP contribution in [-0.2, 0) is 75.1 Å². The van der Waals surface area contributed by atoms with Crippen LogP contribution in [0.15, 0.2) is 72.3 Å². The van der Waals surface area contributed by atoms with Gasteiger partial charge in [-0.3, -0.25) is 43.3 Å². The van der Waals surface area contributed by atoms with Crippen molar-refractivity contribution in [3.8, 4) is 5.75 Å². The first kappa shape index (κ1) is 81.0. The molecule has 3 aliphatic heterocycles. The molecule has 2 saturated heterocycles. The van der Waals surface area contributed by atoms with Gasteiger partial charge in [-0.05, 0) is 75.6 Å². The van der Waals surface area contributed by atoms with Crippen LogP contribution in [0.25, 0.3) is 0 Å². The normalized spacial score (nSPS) is 21.4. The van der Waals surface area contributed by atoms with Crippen LogP contribution >= 0.6 is 11.3 Å². The van der Waals surface area contributed by atoms with Crippen LogP contribution in [0.2, 0.25) is 0 Å². The van der Waals surface area contributed by atoms with Crippen LogP contribution in [0.5, 0.6) is 5.75 Å². The lowest BCUT2D eigenvalue weighted by Gasteiger charge is -2.42. The molecular weight excluding hydrogens is 1320 g/mol. The van der Waals surface area contributed by atoms with E-state index in [2.05, 4.69) is 31.6 Å². The van der Waals surface area contributed by atoms with Gasteiger partial charge in [0.1, 0.15) is 53.3 Å². The zero-order valence-electron chi connectivity index (χ0n) is 59.9. The number of amides is 9. The minimum atomic E-state index is -2.05. The fraction of sp³-hybridized carbons (Fsp3) is 0.614. The van der Waals surface area contributed by atoms with Gasteiger partial charge in [0.15, 0.2) is 12.1 Å². The van der Waals surface area contributed by atoms with E-state index in [9.17, 15) is 58.8 Å². The van der Waals surface area contributed by atoms with E-state index in [1.54, 1.807) is 78.0 Å². The van der Waals surface area contributed by atoms with E-state index in [-0.39, 0.29) is 59.1 Å². The SMILES string of the molecule is CC[C@H](C)[C@@H]([C@@H](CC(=O)N1CCC[C@H]1[C@H](OC)[C@@H](C)C(=O)N[C@@H](Cc1ccccc1)c1nccs1)OC)N(C)C(=O)[C@@H](NC(=O)[C@H](C(C)C)[N+](C)(C)Cc1ccc(O[C@@H]2O[C@H](C(=O)O)[C@@H](O)[C@H](O)[C@H]2O)c(NC(=O)CCNC(=O)[C@H](CNC(=O)OC(C)(C)C)N2C(=O)C=CC2=O)c1)C(C)C. The zero-order valence-corrected chi connectivity index (χ0v) is 60.7. The lowest BCUT2D eigenvalue weighted by Crippen LogP contribution is -2.63. The van der Waals surface area contributed by atoms with Gasteiger partial charge >= 0.3 is 12.1 Å². The molecule has 3 aromatic rings. The van der Waals surface area contributed by atoms with Crippen molar-refractivity contribution in [2.75, 3.05) is 60.3 Å². The molecule has 2 aromatic carbocycles. The molecule has 29 nitrogen and oxygen atoms in total. The highest BCUT2D eigenvalue weighted by Gasteiger charge is 2.50. The van der Waals surface area contributed by atoms with E-state index in [0.29, 0.717) is 42.7 Å².